The van der Waals surface area contributed by atoms with Gasteiger partial charge in [0, 0.05) is 13.1 Å². The number of ether oxygens (including phenoxy) is 1. The molecule has 0 spiro atoms. The lowest BCUT2D eigenvalue weighted by molar-refractivity contribution is 0.414. The fourth-order valence-corrected chi connectivity index (χ4v) is 3.19. The Morgan fingerprint density at radius 1 is 1.09 bits per heavy atom. The van der Waals surface area contributed by atoms with Crippen molar-refractivity contribution in [2.75, 3.05) is 29.8 Å². The van der Waals surface area contributed by atoms with Crippen molar-refractivity contribution in [1.82, 2.24) is 4.98 Å². The summed E-state index contributed by atoms with van der Waals surface area (Å²) in [4.78, 5) is 6.56. The minimum atomic E-state index is -3.64. The number of anilines is 2. The molecule has 0 atom stereocenters. The van der Waals surface area contributed by atoms with E-state index in [1.807, 2.05) is 13.8 Å². The molecule has 0 aliphatic rings. The molecule has 0 amide bonds. The Bertz CT molecular complexity index is 724. The minimum Gasteiger partial charge on any atom is -0.497 e. The normalized spacial score (nSPS) is 11.1. The average molecular weight is 335 g/mol. The van der Waals surface area contributed by atoms with Gasteiger partial charge in [-0.2, -0.15) is 0 Å². The van der Waals surface area contributed by atoms with E-state index in [-0.39, 0.29) is 4.90 Å². The summed E-state index contributed by atoms with van der Waals surface area (Å²) < 4.78 is 32.2. The highest BCUT2D eigenvalue weighted by Crippen LogP contribution is 2.20. The molecule has 0 saturated carbocycles. The molecule has 1 heterocycles. The Morgan fingerprint density at radius 3 is 2.22 bits per heavy atom. The molecular weight excluding hydrogens is 314 g/mol. The Labute approximate surface area is 137 Å². The van der Waals surface area contributed by atoms with E-state index in [4.69, 9.17) is 4.74 Å². The molecule has 124 valence electrons. The third kappa shape index (κ3) is 4.13. The van der Waals surface area contributed by atoms with E-state index in [9.17, 15) is 8.42 Å². The smallest absolute Gasteiger partial charge is 0.261 e. The zero-order chi connectivity index (χ0) is 16.9. The first kappa shape index (κ1) is 17.1. The fourth-order valence-electron chi connectivity index (χ4n) is 2.15. The van der Waals surface area contributed by atoms with Crippen molar-refractivity contribution < 1.29 is 13.2 Å². The summed E-state index contributed by atoms with van der Waals surface area (Å²) in [7, 11) is -2.11. The maximum absolute atomic E-state index is 12.3. The van der Waals surface area contributed by atoms with Gasteiger partial charge in [-0.05, 0) is 50.2 Å². The van der Waals surface area contributed by atoms with Crippen LogP contribution in [0.25, 0.3) is 0 Å². The van der Waals surface area contributed by atoms with Crippen molar-refractivity contribution in [3.63, 3.8) is 0 Å². The van der Waals surface area contributed by atoms with Gasteiger partial charge in [-0.25, -0.2) is 13.4 Å². The number of methoxy groups -OCH3 is 1. The number of rotatable bonds is 7. The molecule has 0 aliphatic heterocycles. The molecule has 1 aromatic heterocycles. The van der Waals surface area contributed by atoms with Crippen LogP contribution in [0.5, 0.6) is 5.75 Å². The number of hydrogen-bond donors (Lipinski definition) is 1. The molecule has 1 N–H and O–H groups in total. The van der Waals surface area contributed by atoms with E-state index >= 15 is 0 Å². The third-order valence-corrected chi connectivity index (χ3v) is 4.85. The van der Waals surface area contributed by atoms with Crippen molar-refractivity contribution in [1.29, 1.82) is 0 Å². The van der Waals surface area contributed by atoms with Gasteiger partial charge in [0.1, 0.15) is 11.6 Å². The first-order chi connectivity index (χ1) is 11.0. The Morgan fingerprint density at radius 2 is 1.74 bits per heavy atom. The zero-order valence-electron chi connectivity index (χ0n) is 13.5. The van der Waals surface area contributed by atoms with Crippen LogP contribution in [-0.4, -0.2) is 33.6 Å². The van der Waals surface area contributed by atoms with Crippen molar-refractivity contribution in [3.05, 3.63) is 42.6 Å². The van der Waals surface area contributed by atoms with E-state index in [1.54, 1.807) is 24.3 Å². The van der Waals surface area contributed by atoms with E-state index < -0.39 is 10.0 Å². The second-order valence-electron chi connectivity index (χ2n) is 4.86. The molecule has 0 radical (unpaired) electrons. The van der Waals surface area contributed by atoms with E-state index in [1.165, 1.54) is 25.4 Å². The van der Waals surface area contributed by atoms with Crippen molar-refractivity contribution in [3.8, 4) is 5.75 Å². The van der Waals surface area contributed by atoms with Crippen LogP contribution < -0.4 is 14.4 Å². The van der Waals surface area contributed by atoms with Crippen molar-refractivity contribution in [2.45, 2.75) is 18.7 Å². The quantitative estimate of drug-likeness (QED) is 0.842. The molecule has 0 fully saturated rings. The van der Waals surface area contributed by atoms with E-state index in [2.05, 4.69) is 14.6 Å². The third-order valence-electron chi connectivity index (χ3n) is 3.46. The van der Waals surface area contributed by atoms with Crippen molar-refractivity contribution in [2.24, 2.45) is 0 Å². The van der Waals surface area contributed by atoms with Crippen LogP contribution in [0.15, 0.2) is 47.5 Å². The molecule has 0 bridgehead atoms. The van der Waals surface area contributed by atoms with Crippen LogP contribution in [0.3, 0.4) is 0 Å². The average Bonchev–Trinajstić information content (AvgIpc) is 2.57. The van der Waals surface area contributed by atoms with Gasteiger partial charge in [-0.3, -0.25) is 4.72 Å². The van der Waals surface area contributed by atoms with Crippen LogP contribution in [0.2, 0.25) is 0 Å². The number of pyridine rings is 1. The summed E-state index contributed by atoms with van der Waals surface area (Å²) >= 11 is 0. The lowest BCUT2D eigenvalue weighted by Gasteiger charge is -2.19. The molecule has 0 aliphatic carbocycles. The van der Waals surface area contributed by atoms with E-state index in [0.717, 1.165) is 18.9 Å². The molecule has 23 heavy (non-hydrogen) atoms. The summed E-state index contributed by atoms with van der Waals surface area (Å²) in [5.74, 6) is 1.43. The largest absolute Gasteiger partial charge is 0.497 e. The van der Waals surface area contributed by atoms with Crippen LogP contribution in [0.4, 0.5) is 11.5 Å². The van der Waals surface area contributed by atoms with Gasteiger partial charge in [0.2, 0.25) is 0 Å². The highest BCUT2D eigenvalue weighted by molar-refractivity contribution is 7.92. The molecule has 0 unspecified atom stereocenters. The fraction of sp³-hybridized carbons (Fsp3) is 0.312. The van der Waals surface area contributed by atoms with Crippen LogP contribution >= 0.6 is 0 Å². The summed E-state index contributed by atoms with van der Waals surface area (Å²) in [6.07, 6.45) is 1.52. The van der Waals surface area contributed by atoms with Gasteiger partial charge in [0.15, 0.2) is 0 Å². The van der Waals surface area contributed by atoms with Crippen LogP contribution in [-0.2, 0) is 10.0 Å². The summed E-state index contributed by atoms with van der Waals surface area (Å²) in [6, 6.07) is 9.73. The highest BCUT2D eigenvalue weighted by Gasteiger charge is 2.14. The van der Waals surface area contributed by atoms with E-state index in [0.29, 0.717) is 11.4 Å². The maximum Gasteiger partial charge on any atom is 0.261 e. The molecular formula is C16H21N3O3S. The first-order valence-corrected chi connectivity index (χ1v) is 8.86. The number of benzene rings is 1. The molecule has 1 aromatic carbocycles. The monoisotopic (exact) mass is 335 g/mol. The van der Waals surface area contributed by atoms with Gasteiger partial charge in [-0.15, -0.1) is 0 Å². The van der Waals surface area contributed by atoms with Crippen LogP contribution in [0.1, 0.15) is 13.8 Å². The molecule has 0 saturated heterocycles. The topological polar surface area (TPSA) is 71.5 Å². The standard InChI is InChI=1S/C16H21N3O3S/c1-4-19(5-2)16-11-6-13(12-17-16)18-23(20,21)15-9-7-14(22-3)8-10-15/h6-12,18H,4-5H2,1-3H3. The van der Waals surface area contributed by atoms with Gasteiger partial charge < -0.3 is 9.64 Å². The summed E-state index contributed by atoms with van der Waals surface area (Å²) in [6.45, 7) is 5.79. The van der Waals surface area contributed by atoms with Gasteiger partial charge in [0.25, 0.3) is 10.0 Å². The number of sulfonamides is 1. The van der Waals surface area contributed by atoms with Crippen LogP contribution in [0, 0.1) is 0 Å². The minimum absolute atomic E-state index is 0.172. The van der Waals surface area contributed by atoms with Gasteiger partial charge in [0.05, 0.1) is 23.9 Å². The number of nitrogens with one attached hydrogen (secondary N) is 1. The molecule has 2 aromatic rings. The lowest BCUT2D eigenvalue weighted by Crippen LogP contribution is -2.22. The number of nitrogens with zero attached hydrogens (tertiary/aromatic N) is 2. The van der Waals surface area contributed by atoms with Gasteiger partial charge in [-0.1, -0.05) is 0 Å². The summed E-state index contributed by atoms with van der Waals surface area (Å²) in [5.41, 5.74) is 0.428. The molecule has 7 heteroatoms. The summed E-state index contributed by atoms with van der Waals surface area (Å²) in [5, 5.41) is 0. The second-order valence-corrected chi connectivity index (χ2v) is 6.54. The maximum atomic E-state index is 12.3. The number of aromatic nitrogens is 1. The first-order valence-electron chi connectivity index (χ1n) is 7.38. The van der Waals surface area contributed by atoms with Gasteiger partial charge >= 0.3 is 0 Å². The second kappa shape index (κ2) is 7.32. The lowest BCUT2D eigenvalue weighted by atomic mass is 10.3. The number of hydrogen-bond acceptors (Lipinski definition) is 5. The Hall–Kier alpha value is -2.28. The zero-order valence-corrected chi connectivity index (χ0v) is 14.3. The SMILES string of the molecule is CCN(CC)c1ccc(NS(=O)(=O)c2ccc(OC)cc2)cn1. The van der Waals surface area contributed by atoms with Crippen molar-refractivity contribution >= 4 is 21.5 Å². The molecule has 6 nitrogen and oxygen atoms in total. The highest BCUT2D eigenvalue weighted by atomic mass is 32.2. The molecule has 2 rings (SSSR count). The Kier molecular flexibility index (Phi) is 5.44. The Balaban J connectivity index is 2.16. The predicted octanol–water partition coefficient (Wildman–Crippen LogP) is 2.74. The predicted molar refractivity (Wildman–Crippen MR) is 91.6 cm³/mol.